The summed E-state index contributed by atoms with van der Waals surface area (Å²) in [5, 5.41) is 11.5. The van der Waals surface area contributed by atoms with E-state index < -0.39 is 0 Å². The molecule has 2 aromatic rings. The summed E-state index contributed by atoms with van der Waals surface area (Å²) < 4.78 is 0.636. The molecule has 0 radical (unpaired) electrons. The highest BCUT2D eigenvalue weighted by atomic mass is 35.5. The van der Waals surface area contributed by atoms with Gasteiger partial charge in [-0.3, -0.25) is 14.7 Å². The van der Waals surface area contributed by atoms with Crippen molar-refractivity contribution in [3.63, 3.8) is 0 Å². The van der Waals surface area contributed by atoms with E-state index in [9.17, 15) is 9.59 Å². The lowest BCUT2D eigenvalue weighted by Crippen LogP contribution is -2.35. The third kappa shape index (κ3) is 3.82. The van der Waals surface area contributed by atoms with Crippen LogP contribution in [0.3, 0.4) is 0 Å². The number of anilines is 1. The van der Waals surface area contributed by atoms with E-state index in [2.05, 4.69) is 20.8 Å². The first-order chi connectivity index (χ1) is 9.56. The zero-order chi connectivity index (χ0) is 14.5. The second kappa shape index (κ2) is 6.53. The van der Waals surface area contributed by atoms with Gasteiger partial charge in [-0.15, -0.1) is 11.3 Å². The van der Waals surface area contributed by atoms with Gasteiger partial charge < -0.3 is 10.6 Å². The number of rotatable bonds is 5. The van der Waals surface area contributed by atoms with Gasteiger partial charge in [-0.2, -0.15) is 5.10 Å². The van der Waals surface area contributed by atoms with Crippen molar-refractivity contribution >= 4 is 40.4 Å². The normalized spacial score (nSPS) is 11.9. The molecule has 0 bridgehead atoms. The standard InChI is InChI=1S/C12H13ClN4O2S/c1-7(9-2-3-10(13)20-9)12(19)14-6-11(18)17-8-4-15-16-5-8/h2-5,7H,6H2,1H3,(H,14,19)(H,15,16)(H,17,18)/t7-/m0/s1. The monoisotopic (exact) mass is 312 g/mol. The zero-order valence-corrected chi connectivity index (χ0v) is 12.2. The predicted molar refractivity (Wildman–Crippen MR) is 78.0 cm³/mol. The number of thiophene rings is 1. The number of hydrogen-bond donors (Lipinski definition) is 3. The molecule has 6 nitrogen and oxygen atoms in total. The number of nitrogens with zero attached hydrogens (tertiary/aromatic N) is 1. The Morgan fingerprint density at radius 2 is 2.30 bits per heavy atom. The van der Waals surface area contributed by atoms with Crippen LogP contribution in [0.15, 0.2) is 24.5 Å². The van der Waals surface area contributed by atoms with E-state index in [1.165, 1.54) is 17.5 Å². The van der Waals surface area contributed by atoms with Crippen LogP contribution >= 0.6 is 22.9 Å². The van der Waals surface area contributed by atoms with Gasteiger partial charge in [-0.05, 0) is 19.1 Å². The Bertz CT molecular complexity index is 596. The molecule has 0 saturated heterocycles. The number of aromatic amines is 1. The second-order valence-corrected chi connectivity index (χ2v) is 5.86. The van der Waals surface area contributed by atoms with E-state index >= 15 is 0 Å². The van der Waals surface area contributed by atoms with Crippen LogP contribution in [0.2, 0.25) is 4.34 Å². The minimum Gasteiger partial charge on any atom is -0.346 e. The van der Waals surface area contributed by atoms with Crippen LogP contribution in [0.1, 0.15) is 17.7 Å². The molecule has 20 heavy (non-hydrogen) atoms. The first-order valence-corrected chi connectivity index (χ1v) is 7.07. The molecule has 106 valence electrons. The Balaban J connectivity index is 1.81. The molecule has 2 aromatic heterocycles. The number of H-pyrrole nitrogens is 1. The molecule has 0 aliphatic rings. The number of amides is 2. The van der Waals surface area contributed by atoms with Crippen molar-refractivity contribution in [3.8, 4) is 0 Å². The molecule has 1 atom stereocenters. The highest BCUT2D eigenvalue weighted by molar-refractivity contribution is 7.16. The fourth-order valence-electron chi connectivity index (χ4n) is 1.54. The van der Waals surface area contributed by atoms with Gasteiger partial charge in [0.2, 0.25) is 11.8 Å². The fraction of sp³-hybridized carbons (Fsp3) is 0.250. The van der Waals surface area contributed by atoms with Crippen molar-refractivity contribution in [2.45, 2.75) is 12.8 Å². The highest BCUT2D eigenvalue weighted by Gasteiger charge is 2.17. The number of aromatic nitrogens is 2. The molecule has 0 fully saturated rings. The lowest BCUT2D eigenvalue weighted by atomic mass is 10.1. The van der Waals surface area contributed by atoms with Crippen molar-refractivity contribution in [2.75, 3.05) is 11.9 Å². The van der Waals surface area contributed by atoms with Crippen LogP contribution in [-0.4, -0.2) is 28.6 Å². The maximum absolute atomic E-state index is 11.9. The van der Waals surface area contributed by atoms with Crippen LogP contribution in [-0.2, 0) is 9.59 Å². The molecule has 0 aromatic carbocycles. The molecular weight excluding hydrogens is 300 g/mol. The molecular formula is C12H13ClN4O2S. The van der Waals surface area contributed by atoms with E-state index in [1.807, 2.05) is 6.07 Å². The first-order valence-electron chi connectivity index (χ1n) is 5.88. The maximum atomic E-state index is 11.9. The van der Waals surface area contributed by atoms with E-state index in [0.29, 0.717) is 10.0 Å². The van der Waals surface area contributed by atoms with Crippen molar-refractivity contribution < 1.29 is 9.59 Å². The Kier molecular flexibility index (Phi) is 4.75. The number of halogens is 1. The smallest absolute Gasteiger partial charge is 0.243 e. The Hall–Kier alpha value is -1.86. The van der Waals surface area contributed by atoms with Gasteiger partial charge in [0, 0.05) is 11.1 Å². The Labute approximate surface area is 124 Å². The zero-order valence-electron chi connectivity index (χ0n) is 10.6. The van der Waals surface area contributed by atoms with Crippen LogP contribution in [0, 0.1) is 0 Å². The van der Waals surface area contributed by atoms with Crippen LogP contribution in [0.25, 0.3) is 0 Å². The van der Waals surface area contributed by atoms with Crippen molar-refractivity contribution in [3.05, 3.63) is 33.7 Å². The molecule has 0 unspecified atom stereocenters. The topological polar surface area (TPSA) is 86.9 Å². The van der Waals surface area contributed by atoms with Crippen molar-refractivity contribution in [1.29, 1.82) is 0 Å². The molecule has 2 heterocycles. The number of nitrogens with one attached hydrogen (secondary N) is 3. The largest absolute Gasteiger partial charge is 0.346 e. The number of carbonyl (C=O) groups excluding carboxylic acids is 2. The second-order valence-electron chi connectivity index (χ2n) is 4.12. The third-order valence-electron chi connectivity index (χ3n) is 2.62. The Morgan fingerprint density at radius 3 is 2.90 bits per heavy atom. The highest BCUT2D eigenvalue weighted by Crippen LogP contribution is 2.27. The van der Waals surface area contributed by atoms with Gasteiger partial charge in [0.1, 0.15) is 0 Å². The molecule has 0 aliphatic heterocycles. The fourth-order valence-corrected chi connectivity index (χ4v) is 2.65. The van der Waals surface area contributed by atoms with E-state index in [-0.39, 0.29) is 24.3 Å². The van der Waals surface area contributed by atoms with E-state index in [1.54, 1.807) is 19.2 Å². The van der Waals surface area contributed by atoms with Gasteiger partial charge in [-0.25, -0.2) is 0 Å². The van der Waals surface area contributed by atoms with Crippen LogP contribution in [0.5, 0.6) is 0 Å². The van der Waals surface area contributed by atoms with Crippen molar-refractivity contribution in [1.82, 2.24) is 15.5 Å². The molecule has 8 heteroatoms. The maximum Gasteiger partial charge on any atom is 0.243 e. The number of carbonyl (C=O) groups is 2. The van der Waals surface area contributed by atoms with Crippen LogP contribution < -0.4 is 10.6 Å². The summed E-state index contributed by atoms with van der Waals surface area (Å²) in [4.78, 5) is 24.4. The molecule has 0 spiro atoms. The van der Waals surface area contributed by atoms with Crippen molar-refractivity contribution in [2.24, 2.45) is 0 Å². The third-order valence-corrected chi connectivity index (χ3v) is 4.03. The van der Waals surface area contributed by atoms with Gasteiger partial charge >= 0.3 is 0 Å². The van der Waals surface area contributed by atoms with Gasteiger partial charge in [0.15, 0.2) is 0 Å². The van der Waals surface area contributed by atoms with Gasteiger partial charge in [0.05, 0.1) is 28.7 Å². The molecule has 0 aliphatic carbocycles. The summed E-state index contributed by atoms with van der Waals surface area (Å²) in [7, 11) is 0. The lowest BCUT2D eigenvalue weighted by Gasteiger charge is -2.10. The predicted octanol–water partition coefficient (Wildman–Crippen LogP) is 1.98. The molecule has 3 N–H and O–H groups in total. The molecule has 2 rings (SSSR count). The summed E-state index contributed by atoms with van der Waals surface area (Å²) in [6.07, 6.45) is 3.03. The van der Waals surface area contributed by atoms with E-state index in [0.717, 1.165) is 4.88 Å². The van der Waals surface area contributed by atoms with Gasteiger partial charge in [0.25, 0.3) is 0 Å². The summed E-state index contributed by atoms with van der Waals surface area (Å²) in [6, 6.07) is 3.56. The number of hydrogen-bond acceptors (Lipinski definition) is 4. The van der Waals surface area contributed by atoms with E-state index in [4.69, 9.17) is 11.6 Å². The summed E-state index contributed by atoms with van der Waals surface area (Å²) in [5.41, 5.74) is 0.558. The Morgan fingerprint density at radius 1 is 1.50 bits per heavy atom. The summed E-state index contributed by atoms with van der Waals surface area (Å²) in [6.45, 7) is 1.68. The SMILES string of the molecule is C[C@H](C(=O)NCC(=O)Nc1cn[nH]c1)c1ccc(Cl)s1. The summed E-state index contributed by atoms with van der Waals surface area (Å²) >= 11 is 7.18. The quantitative estimate of drug-likeness (QED) is 0.789. The first kappa shape index (κ1) is 14.5. The minimum absolute atomic E-state index is 0.0898. The van der Waals surface area contributed by atoms with Gasteiger partial charge in [-0.1, -0.05) is 11.6 Å². The lowest BCUT2D eigenvalue weighted by molar-refractivity contribution is -0.124. The summed E-state index contributed by atoms with van der Waals surface area (Å²) in [5.74, 6) is -0.865. The average Bonchev–Trinajstić information content (AvgIpc) is 3.06. The molecule has 0 saturated carbocycles. The molecule has 2 amide bonds. The minimum atomic E-state index is -0.339. The average molecular weight is 313 g/mol. The van der Waals surface area contributed by atoms with Crippen LogP contribution in [0.4, 0.5) is 5.69 Å².